The van der Waals surface area contributed by atoms with Gasteiger partial charge in [0.1, 0.15) is 6.61 Å². The Morgan fingerprint density at radius 1 is 1.06 bits per heavy atom. The third kappa shape index (κ3) is 4.24. The molecule has 1 fully saturated rings. The fraction of sp³-hybridized carbons (Fsp3) is 0.440. The lowest BCUT2D eigenvalue weighted by molar-refractivity contribution is 0.0679. The van der Waals surface area contributed by atoms with Gasteiger partial charge in [-0.25, -0.2) is 18.1 Å². The van der Waals surface area contributed by atoms with Crippen LogP contribution in [0, 0.1) is 5.41 Å². The summed E-state index contributed by atoms with van der Waals surface area (Å²) < 4.78 is 38.5. The zero-order chi connectivity index (χ0) is 23.2. The van der Waals surface area contributed by atoms with E-state index in [0.29, 0.717) is 29.6 Å². The number of hydrogen-bond acceptors (Lipinski definition) is 6. The highest BCUT2D eigenvalue weighted by Crippen LogP contribution is 2.45. The zero-order valence-corrected chi connectivity index (χ0v) is 20.0. The minimum absolute atomic E-state index is 0.0556. The van der Waals surface area contributed by atoms with Crippen LogP contribution >= 0.6 is 0 Å². The summed E-state index contributed by atoms with van der Waals surface area (Å²) in [6.45, 7) is 4.89. The monoisotopic (exact) mass is 467 g/mol. The van der Waals surface area contributed by atoms with Crippen molar-refractivity contribution < 1.29 is 17.9 Å². The quantitative estimate of drug-likeness (QED) is 0.537. The SMILES string of the molecule is CC1(C)CCCCC1n1nc(-c2cccc(S(C)(=O)=O)c2)nc1C1COc2ccccc2O1. The van der Waals surface area contributed by atoms with E-state index >= 15 is 0 Å². The van der Waals surface area contributed by atoms with Gasteiger partial charge in [0, 0.05) is 11.8 Å². The van der Waals surface area contributed by atoms with E-state index in [1.54, 1.807) is 18.2 Å². The molecule has 1 aliphatic carbocycles. The van der Waals surface area contributed by atoms with Gasteiger partial charge in [-0.3, -0.25) is 0 Å². The lowest BCUT2D eigenvalue weighted by Crippen LogP contribution is -2.34. The Morgan fingerprint density at radius 3 is 2.61 bits per heavy atom. The highest BCUT2D eigenvalue weighted by Gasteiger charge is 2.38. The highest BCUT2D eigenvalue weighted by atomic mass is 32.2. The lowest BCUT2D eigenvalue weighted by atomic mass is 9.73. The molecule has 2 aliphatic rings. The lowest BCUT2D eigenvalue weighted by Gasteiger charge is -2.39. The van der Waals surface area contributed by atoms with E-state index in [-0.39, 0.29) is 16.4 Å². The Morgan fingerprint density at radius 2 is 1.85 bits per heavy atom. The smallest absolute Gasteiger partial charge is 0.192 e. The molecule has 1 saturated carbocycles. The van der Waals surface area contributed by atoms with Crippen molar-refractivity contribution in [2.24, 2.45) is 5.41 Å². The van der Waals surface area contributed by atoms with E-state index in [0.717, 1.165) is 25.0 Å². The number of hydrogen-bond donors (Lipinski definition) is 0. The Hall–Kier alpha value is -2.87. The fourth-order valence-electron chi connectivity index (χ4n) is 4.85. The van der Waals surface area contributed by atoms with Gasteiger partial charge in [0.25, 0.3) is 0 Å². The summed E-state index contributed by atoms with van der Waals surface area (Å²) in [6.07, 6.45) is 5.26. The van der Waals surface area contributed by atoms with Gasteiger partial charge >= 0.3 is 0 Å². The third-order valence-electron chi connectivity index (χ3n) is 6.72. The standard InChI is InChI=1S/C25H29N3O4S/c1-25(2)14-7-6-13-22(25)28-24(21-16-31-19-11-4-5-12-20(19)32-21)26-23(27-28)17-9-8-10-18(15-17)33(3,29)30/h4-5,8-12,15,21-22H,6-7,13-14,16H2,1-3H3. The first-order valence-corrected chi connectivity index (χ1v) is 13.3. The van der Waals surface area contributed by atoms with Crippen LogP contribution in [-0.4, -0.2) is 36.0 Å². The fourth-order valence-corrected chi connectivity index (χ4v) is 5.51. The highest BCUT2D eigenvalue weighted by molar-refractivity contribution is 7.90. The molecule has 7 nitrogen and oxygen atoms in total. The van der Waals surface area contributed by atoms with Crippen LogP contribution in [0.5, 0.6) is 11.5 Å². The van der Waals surface area contributed by atoms with Crippen molar-refractivity contribution in [2.75, 3.05) is 12.9 Å². The summed E-state index contributed by atoms with van der Waals surface area (Å²) in [5.41, 5.74) is 0.726. The van der Waals surface area contributed by atoms with Crippen molar-refractivity contribution in [3.63, 3.8) is 0 Å². The van der Waals surface area contributed by atoms with Crippen LogP contribution in [0.1, 0.15) is 57.5 Å². The third-order valence-corrected chi connectivity index (χ3v) is 7.83. The van der Waals surface area contributed by atoms with Crippen molar-refractivity contribution in [2.45, 2.75) is 56.6 Å². The van der Waals surface area contributed by atoms with Gasteiger partial charge in [-0.2, -0.15) is 5.10 Å². The Bertz CT molecular complexity index is 1280. The number of fused-ring (bicyclic) bond motifs is 1. The van der Waals surface area contributed by atoms with Crippen LogP contribution in [-0.2, 0) is 9.84 Å². The summed E-state index contributed by atoms with van der Waals surface area (Å²) in [5.74, 6) is 2.62. The second kappa shape index (κ2) is 8.17. The van der Waals surface area contributed by atoms with Crippen LogP contribution < -0.4 is 9.47 Å². The molecule has 0 radical (unpaired) electrons. The van der Waals surface area contributed by atoms with Gasteiger partial charge in [-0.05, 0) is 42.5 Å². The molecule has 1 aliphatic heterocycles. The molecule has 0 saturated heterocycles. The van der Waals surface area contributed by atoms with Crippen molar-refractivity contribution in [3.05, 3.63) is 54.4 Å². The summed E-state index contributed by atoms with van der Waals surface area (Å²) in [6, 6.07) is 14.6. The number of nitrogens with zero attached hydrogens (tertiary/aromatic N) is 3. The van der Waals surface area contributed by atoms with Crippen LogP contribution in [0.15, 0.2) is 53.4 Å². The summed E-state index contributed by atoms with van der Waals surface area (Å²) in [4.78, 5) is 5.14. The molecule has 0 amide bonds. The average molecular weight is 468 g/mol. The van der Waals surface area contributed by atoms with Crippen LogP contribution in [0.4, 0.5) is 0 Å². The van der Waals surface area contributed by atoms with Gasteiger partial charge in [-0.1, -0.05) is 51.0 Å². The van der Waals surface area contributed by atoms with Crippen molar-refractivity contribution >= 4 is 9.84 Å². The molecule has 174 valence electrons. The van der Waals surface area contributed by atoms with Crippen LogP contribution in [0.25, 0.3) is 11.4 Å². The van der Waals surface area contributed by atoms with E-state index in [2.05, 4.69) is 13.8 Å². The van der Waals surface area contributed by atoms with E-state index in [1.807, 2.05) is 35.0 Å². The molecule has 0 bridgehead atoms. The van der Waals surface area contributed by atoms with E-state index < -0.39 is 15.9 Å². The number of aromatic nitrogens is 3. The van der Waals surface area contributed by atoms with E-state index in [1.165, 1.54) is 12.7 Å². The normalized spacial score (nSPS) is 22.2. The summed E-state index contributed by atoms with van der Waals surface area (Å²) in [7, 11) is -3.34. The second-order valence-electron chi connectivity index (χ2n) is 9.65. The minimum Gasteiger partial charge on any atom is -0.485 e. The molecule has 3 aromatic rings. The first-order valence-electron chi connectivity index (χ1n) is 11.4. The molecular formula is C25H29N3O4S. The zero-order valence-electron chi connectivity index (χ0n) is 19.2. The Labute approximate surface area is 194 Å². The first-order chi connectivity index (χ1) is 15.7. The maximum Gasteiger partial charge on any atom is 0.192 e. The van der Waals surface area contributed by atoms with Crippen LogP contribution in [0.3, 0.4) is 0 Å². The number of ether oxygens (including phenoxy) is 2. The Kier molecular flexibility index (Phi) is 5.43. The Balaban J connectivity index is 1.60. The molecule has 2 atom stereocenters. The van der Waals surface area contributed by atoms with Crippen molar-refractivity contribution in [1.29, 1.82) is 0 Å². The molecule has 1 aromatic heterocycles. The summed E-state index contributed by atoms with van der Waals surface area (Å²) in [5, 5.41) is 4.93. The average Bonchev–Trinajstić information content (AvgIpc) is 3.23. The first kappa shape index (κ1) is 21.9. The van der Waals surface area contributed by atoms with Gasteiger partial charge in [0.05, 0.1) is 10.9 Å². The molecule has 2 aromatic carbocycles. The molecule has 2 heterocycles. The minimum atomic E-state index is -3.34. The second-order valence-corrected chi connectivity index (χ2v) is 11.7. The van der Waals surface area contributed by atoms with Crippen molar-refractivity contribution in [3.8, 4) is 22.9 Å². The predicted molar refractivity (Wildman–Crippen MR) is 125 cm³/mol. The molecular weight excluding hydrogens is 438 g/mol. The number of para-hydroxylation sites is 2. The molecule has 33 heavy (non-hydrogen) atoms. The molecule has 0 N–H and O–H groups in total. The number of rotatable bonds is 4. The van der Waals surface area contributed by atoms with Crippen molar-refractivity contribution in [1.82, 2.24) is 14.8 Å². The van der Waals surface area contributed by atoms with E-state index in [9.17, 15) is 8.42 Å². The van der Waals surface area contributed by atoms with Gasteiger partial charge in [-0.15, -0.1) is 0 Å². The predicted octanol–water partition coefficient (Wildman–Crippen LogP) is 5.00. The molecule has 2 unspecified atom stereocenters. The van der Waals surface area contributed by atoms with Gasteiger partial charge in [0.2, 0.25) is 0 Å². The van der Waals surface area contributed by atoms with E-state index in [4.69, 9.17) is 19.6 Å². The summed E-state index contributed by atoms with van der Waals surface area (Å²) >= 11 is 0. The molecule has 5 rings (SSSR count). The maximum atomic E-state index is 12.1. The molecule has 8 heteroatoms. The van der Waals surface area contributed by atoms with Crippen LogP contribution in [0.2, 0.25) is 0 Å². The molecule has 0 spiro atoms. The largest absolute Gasteiger partial charge is 0.485 e. The van der Waals surface area contributed by atoms with Gasteiger partial charge in [0.15, 0.2) is 39.1 Å². The number of benzene rings is 2. The number of sulfone groups is 1. The topological polar surface area (TPSA) is 83.3 Å². The van der Waals surface area contributed by atoms with Gasteiger partial charge < -0.3 is 9.47 Å². The maximum absolute atomic E-state index is 12.1.